The first-order valence-electron chi connectivity index (χ1n) is 16.9. The number of hydrogen-bond donors (Lipinski definition) is 0. The monoisotopic (exact) mass is 620 g/mol. The Hall–Kier alpha value is -6.44. The Morgan fingerprint density at radius 2 is 0.796 bits per heavy atom. The van der Waals surface area contributed by atoms with Gasteiger partial charge in [0.2, 0.25) is 0 Å². The molecule has 0 N–H and O–H groups in total. The summed E-state index contributed by atoms with van der Waals surface area (Å²) in [5, 5.41) is 14.7. The lowest BCUT2D eigenvalue weighted by atomic mass is 9.81. The van der Waals surface area contributed by atoms with E-state index in [9.17, 15) is 0 Å². The van der Waals surface area contributed by atoms with Crippen LogP contribution in [0.5, 0.6) is 11.5 Å². The predicted molar refractivity (Wildman–Crippen MR) is 208 cm³/mol. The van der Waals surface area contributed by atoms with Crippen LogP contribution in [-0.4, -0.2) is 0 Å². The molecule has 11 rings (SSSR count). The number of benzene rings is 10. The van der Waals surface area contributed by atoms with Gasteiger partial charge in [0.15, 0.2) is 0 Å². The maximum Gasteiger partial charge on any atom is 0.143 e. The lowest BCUT2D eigenvalue weighted by molar-refractivity contribution is 0.493. The van der Waals surface area contributed by atoms with Crippen LogP contribution in [0.4, 0.5) is 0 Å². The molecule has 0 saturated heterocycles. The average molecular weight is 621 g/mol. The molecule has 226 valence electrons. The van der Waals surface area contributed by atoms with E-state index in [-0.39, 0.29) is 0 Å². The van der Waals surface area contributed by atoms with Crippen LogP contribution >= 0.6 is 0 Å². The number of ether oxygens (including phenoxy) is 1. The van der Waals surface area contributed by atoms with Crippen molar-refractivity contribution in [1.29, 1.82) is 0 Å². The normalized spacial score (nSPS) is 12.2. The van der Waals surface area contributed by atoms with Gasteiger partial charge in [-0.05, 0) is 99.9 Å². The lowest BCUT2D eigenvalue weighted by Crippen LogP contribution is -1.99. The van der Waals surface area contributed by atoms with Crippen LogP contribution in [0.3, 0.4) is 0 Å². The fourth-order valence-electron chi connectivity index (χ4n) is 8.54. The van der Waals surface area contributed by atoms with E-state index >= 15 is 0 Å². The third-order valence-electron chi connectivity index (χ3n) is 10.6. The van der Waals surface area contributed by atoms with Gasteiger partial charge in [-0.15, -0.1) is 0 Å². The Morgan fingerprint density at radius 1 is 0.265 bits per heavy atom. The zero-order valence-electron chi connectivity index (χ0n) is 26.6. The van der Waals surface area contributed by atoms with Crippen LogP contribution in [0.2, 0.25) is 0 Å². The van der Waals surface area contributed by atoms with E-state index in [0.717, 1.165) is 22.4 Å². The molecular weight excluding hydrogens is 593 g/mol. The molecule has 1 nitrogen and oxygen atoms in total. The standard InChI is InChI=1S/C48H28O/c1-4-15-32-29(11-1)14-9-20-35(32)44-36-18-7-8-19-38(36)47(46-33-16-5-2-12-30(33)24-26-42(44)46)40-27-28-43-45-37(40)21-10-22-39(45)41-25-23-31-13-3-6-17-34(31)48(41)49-43/h1-28H. The van der Waals surface area contributed by atoms with Crippen molar-refractivity contribution in [2.24, 2.45) is 0 Å². The molecule has 0 unspecified atom stereocenters. The quantitative estimate of drug-likeness (QED) is 0.138. The first kappa shape index (κ1) is 26.6. The molecule has 10 aromatic carbocycles. The Balaban J connectivity index is 1.30. The first-order valence-corrected chi connectivity index (χ1v) is 16.9. The topological polar surface area (TPSA) is 9.23 Å². The van der Waals surface area contributed by atoms with E-state index in [4.69, 9.17) is 4.74 Å². The number of fused-ring (bicyclic) bond motifs is 9. The van der Waals surface area contributed by atoms with Crippen LogP contribution in [0.15, 0.2) is 170 Å². The maximum absolute atomic E-state index is 6.82. The van der Waals surface area contributed by atoms with Crippen molar-refractivity contribution >= 4 is 64.6 Å². The summed E-state index contributed by atoms with van der Waals surface area (Å²) in [4.78, 5) is 0. The predicted octanol–water partition coefficient (Wildman–Crippen LogP) is 13.7. The summed E-state index contributed by atoms with van der Waals surface area (Å²) >= 11 is 0. The summed E-state index contributed by atoms with van der Waals surface area (Å²) in [5.41, 5.74) is 7.38. The summed E-state index contributed by atoms with van der Waals surface area (Å²) < 4.78 is 6.82. The summed E-state index contributed by atoms with van der Waals surface area (Å²) in [6.07, 6.45) is 0. The van der Waals surface area contributed by atoms with E-state index in [0.29, 0.717) is 0 Å². The molecule has 10 aromatic rings. The molecule has 49 heavy (non-hydrogen) atoms. The summed E-state index contributed by atoms with van der Waals surface area (Å²) in [6, 6.07) is 62.0. The van der Waals surface area contributed by atoms with Crippen molar-refractivity contribution in [2.75, 3.05) is 0 Å². The molecule has 0 amide bonds. The molecule has 0 aromatic heterocycles. The third-order valence-corrected chi connectivity index (χ3v) is 10.6. The van der Waals surface area contributed by atoms with Gasteiger partial charge in [0.25, 0.3) is 0 Å². The fraction of sp³-hybridized carbons (Fsp3) is 0. The minimum atomic E-state index is 0.907. The number of rotatable bonds is 2. The summed E-state index contributed by atoms with van der Waals surface area (Å²) in [5.74, 6) is 1.84. The van der Waals surface area contributed by atoms with Crippen molar-refractivity contribution in [1.82, 2.24) is 0 Å². The van der Waals surface area contributed by atoms with E-state index in [1.807, 2.05) is 0 Å². The second-order valence-corrected chi connectivity index (χ2v) is 13.1. The van der Waals surface area contributed by atoms with E-state index in [1.54, 1.807) is 0 Å². The molecule has 0 bridgehead atoms. The molecule has 0 spiro atoms. The number of hydrogen-bond acceptors (Lipinski definition) is 1. The van der Waals surface area contributed by atoms with Gasteiger partial charge in [-0.3, -0.25) is 0 Å². The van der Waals surface area contributed by atoms with Crippen LogP contribution in [0, 0.1) is 0 Å². The van der Waals surface area contributed by atoms with Gasteiger partial charge in [-0.25, -0.2) is 0 Å². The smallest absolute Gasteiger partial charge is 0.143 e. The highest BCUT2D eigenvalue weighted by molar-refractivity contribution is 6.31. The molecule has 1 heteroatoms. The van der Waals surface area contributed by atoms with Crippen molar-refractivity contribution in [2.45, 2.75) is 0 Å². The largest absolute Gasteiger partial charge is 0.455 e. The Bertz CT molecular complexity index is 3020. The van der Waals surface area contributed by atoms with Crippen molar-refractivity contribution < 1.29 is 4.74 Å². The van der Waals surface area contributed by atoms with Crippen LogP contribution in [0.1, 0.15) is 0 Å². The zero-order chi connectivity index (χ0) is 32.1. The minimum absolute atomic E-state index is 0.907. The molecule has 0 saturated carbocycles. The molecule has 1 heterocycles. The van der Waals surface area contributed by atoms with Gasteiger partial charge in [0, 0.05) is 16.3 Å². The Labute approximate surface area is 283 Å². The van der Waals surface area contributed by atoms with E-state index in [1.165, 1.54) is 87.1 Å². The molecule has 0 aliphatic carbocycles. The summed E-state index contributed by atoms with van der Waals surface area (Å²) in [7, 11) is 0. The maximum atomic E-state index is 6.82. The van der Waals surface area contributed by atoms with Gasteiger partial charge in [0.1, 0.15) is 11.5 Å². The van der Waals surface area contributed by atoms with E-state index in [2.05, 4.69) is 170 Å². The van der Waals surface area contributed by atoms with Gasteiger partial charge in [-0.2, -0.15) is 0 Å². The van der Waals surface area contributed by atoms with Crippen molar-refractivity contribution in [3.8, 4) is 44.9 Å². The van der Waals surface area contributed by atoms with Crippen molar-refractivity contribution in [3.05, 3.63) is 170 Å². The van der Waals surface area contributed by atoms with Gasteiger partial charge in [-0.1, -0.05) is 152 Å². The average Bonchev–Trinajstić information content (AvgIpc) is 3.17. The second kappa shape index (κ2) is 10.0. The third kappa shape index (κ3) is 3.70. The highest BCUT2D eigenvalue weighted by atomic mass is 16.5. The Kier molecular flexibility index (Phi) is 5.45. The molecule has 0 fully saturated rings. The molecule has 0 atom stereocenters. The Morgan fingerprint density at radius 3 is 1.61 bits per heavy atom. The summed E-state index contributed by atoms with van der Waals surface area (Å²) in [6.45, 7) is 0. The molecule has 1 aliphatic heterocycles. The van der Waals surface area contributed by atoms with Gasteiger partial charge >= 0.3 is 0 Å². The lowest BCUT2D eigenvalue weighted by Gasteiger charge is -2.25. The SMILES string of the molecule is c1ccc2c(-c3c4ccccc4c(-c4ccc5c6c(cccc46)-c4ccc6ccccc6c4O5)c4c3ccc3ccccc34)cccc2c1. The highest BCUT2D eigenvalue weighted by Crippen LogP contribution is 2.53. The van der Waals surface area contributed by atoms with Crippen LogP contribution < -0.4 is 4.74 Å². The van der Waals surface area contributed by atoms with Crippen molar-refractivity contribution in [3.63, 3.8) is 0 Å². The molecule has 1 aliphatic rings. The highest BCUT2D eigenvalue weighted by Gasteiger charge is 2.26. The minimum Gasteiger partial charge on any atom is -0.455 e. The zero-order valence-corrected chi connectivity index (χ0v) is 26.6. The van der Waals surface area contributed by atoms with E-state index < -0.39 is 0 Å². The van der Waals surface area contributed by atoms with Gasteiger partial charge in [0.05, 0.1) is 0 Å². The second-order valence-electron chi connectivity index (χ2n) is 13.1. The van der Waals surface area contributed by atoms with Gasteiger partial charge < -0.3 is 4.74 Å². The van der Waals surface area contributed by atoms with Crippen LogP contribution in [-0.2, 0) is 0 Å². The molecule has 0 radical (unpaired) electrons. The van der Waals surface area contributed by atoms with Crippen LogP contribution in [0.25, 0.3) is 98.0 Å². The fourth-order valence-corrected chi connectivity index (χ4v) is 8.54. The first-order chi connectivity index (χ1) is 24.3. The molecular formula is C48H28O.